The van der Waals surface area contributed by atoms with Gasteiger partial charge in [-0.05, 0) is 49.4 Å². The van der Waals surface area contributed by atoms with Gasteiger partial charge in [-0.3, -0.25) is 4.79 Å². The topological polar surface area (TPSA) is 84.2 Å². The van der Waals surface area contributed by atoms with Crippen molar-refractivity contribution in [2.24, 2.45) is 5.92 Å². The fourth-order valence-corrected chi connectivity index (χ4v) is 3.31. The molecule has 1 heterocycles. The third-order valence-corrected chi connectivity index (χ3v) is 4.98. The van der Waals surface area contributed by atoms with Crippen molar-refractivity contribution >= 4 is 11.9 Å². The van der Waals surface area contributed by atoms with Crippen LogP contribution in [0.25, 0.3) is 5.69 Å². The van der Waals surface area contributed by atoms with Gasteiger partial charge in [0.2, 0.25) is 0 Å². The molecule has 7 heteroatoms. The monoisotopic (exact) mass is 359 g/mol. The van der Waals surface area contributed by atoms with E-state index in [1.165, 1.54) is 12.1 Å². The van der Waals surface area contributed by atoms with Crippen LogP contribution in [0.3, 0.4) is 0 Å². The molecule has 2 atom stereocenters. The minimum atomic E-state index is -1.05. The second kappa shape index (κ2) is 7.27. The van der Waals surface area contributed by atoms with Crippen LogP contribution in [0.2, 0.25) is 0 Å². The maximum absolute atomic E-state index is 13.2. The number of hydrogen-bond acceptors (Lipinski definition) is 3. The summed E-state index contributed by atoms with van der Waals surface area (Å²) in [5, 5.41) is 16.4. The number of carboxylic acids is 1. The van der Waals surface area contributed by atoms with Crippen molar-refractivity contribution in [2.75, 3.05) is 0 Å². The molecule has 2 aromatic rings. The summed E-state index contributed by atoms with van der Waals surface area (Å²) in [6, 6.07) is 4.97. The zero-order valence-electron chi connectivity index (χ0n) is 14.8. The average molecular weight is 359 g/mol. The van der Waals surface area contributed by atoms with Crippen molar-refractivity contribution in [1.29, 1.82) is 0 Å². The first kappa shape index (κ1) is 18.1. The fourth-order valence-electron chi connectivity index (χ4n) is 3.31. The first-order valence-corrected chi connectivity index (χ1v) is 8.82. The SMILES string of the molecule is CCC(C)C(NC(=O)c1nn(-c2ccc(F)cc2)c2c1CCC2)C(=O)O. The summed E-state index contributed by atoms with van der Waals surface area (Å²) < 4.78 is 14.9. The lowest BCUT2D eigenvalue weighted by atomic mass is 9.99. The number of carbonyl (C=O) groups is 2. The van der Waals surface area contributed by atoms with E-state index < -0.39 is 17.9 Å². The van der Waals surface area contributed by atoms with E-state index in [0.717, 1.165) is 30.5 Å². The number of amides is 1. The molecular weight excluding hydrogens is 337 g/mol. The van der Waals surface area contributed by atoms with Gasteiger partial charge in [-0.15, -0.1) is 0 Å². The molecule has 1 aromatic heterocycles. The normalized spacial score (nSPS) is 15.3. The van der Waals surface area contributed by atoms with Gasteiger partial charge in [0.05, 0.1) is 5.69 Å². The third kappa shape index (κ3) is 3.34. The maximum Gasteiger partial charge on any atom is 0.326 e. The number of rotatable bonds is 6. The summed E-state index contributed by atoms with van der Waals surface area (Å²) in [5.74, 6) is -2.06. The highest BCUT2D eigenvalue weighted by molar-refractivity contribution is 5.96. The van der Waals surface area contributed by atoms with E-state index in [2.05, 4.69) is 10.4 Å². The largest absolute Gasteiger partial charge is 0.480 e. The van der Waals surface area contributed by atoms with Gasteiger partial charge >= 0.3 is 5.97 Å². The van der Waals surface area contributed by atoms with Crippen LogP contribution in [0.15, 0.2) is 24.3 Å². The van der Waals surface area contributed by atoms with E-state index in [-0.39, 0.29) is 17.4 Å². The van der Waals surface area contributed by atoms with Gasteiger partial charge in [0, 0.05) is 11.3 Å². The van der Waals surface area contributed by atoms with Crippen LogP contribution < -0.4 is 5.32 Å². The van der Waals surface area contributed by atoms with E-state index in [1.807, 2.05) is 6.92 Å². The van der Waals surface area contributed by atoms with Gasteiger partial charge in [-0.25, -0.2) is 13.9 Å². The Balaban J connectivity index is 1.93. The molecule has 3 rings (SSSR count). The quantitative estimate of drug-likeness (QED) is 0.831. The number of aromatic nitrogens is 2. The highest BCUT2D eigenvalue weighted by atomic mass is 19.1. The van der Waals surface area contributed by atoms with Crippen LogP contribution in [0.1, 0.15) is 48.4 Å². The summed E-state index contributed by atoms with van der Waals surface area (Å²) in [7, 11) is 0. The molecule has 0 saturated heterocycles. The number of fused-ring (bicyclic) bond motifs is 1. The Hall–Kier alpha value is -2.70. The maximum atomic E-state index is 13.2. The highest BCUT2D eigenvalue weighted by Crippen LogP contribution is 2.28. The van der Waals surface area contributed by atoms with E-state index in [0.29, 0.717) is 12.1 Å². The molecular formula is C19H22FN3O3. The standard InChI is InChI=1S/C19H22FN3O3/c1-3-11(2)16(19(25)26)21-18(24)17-14-5-4-6-15(14)23(22-17)13-9-7-12(20)8-10-13/h7-11,16H,3-6H2,1-2H3,(H,21,24)(H,25,26). The first-order chi connectivity index (χ1) is 12.4. The number of hydrogen-bond donors (Lipinski definition) is 2. The molecule has 1 amide bonds. The van der Waals surface area contributed by atoms with Crippen LogP contribution >= 0.6 is 0 Å². The lowest BCUT2D eigenvalue weighted by Crippen LogP contribution is -2.45. The summed E-state index contributed by atoms with van der Waals surface area (Å²) in [4.78, 5) is 24.2. The second-order valence-corrected chi connectivity index (χ2v) is 6.69. The Bertz CT molecular complexity index is 829. The van der Waals surface area contributed by atoms with Crippen molar-refractivity contribution < 1.29 is 19.1 Å². The van der Waals surface area contributed by atoms with Gasteiger partial charge in [0.1, 0.15) is 11.9 Å². The predicted molar refractivity (Wildman–Crippen MR) is 93.9 cm³/mol. The fraction of sp³-hybridized carbons (Fsp3) is 0.421. The van der Waals surface area contributed by atoms with Gasteiger partial charge < -0.3 is 10.4 Å². The lowest BCUT2D eigenvalue weighted by molar-refractivity contribution is -0.140. The van der Waals surface area contributed by atoms with E-state index >= 15 is 0 Å². The predicted octanol–water partition coefficient (Wildman–Crippen LogP) is 2.73. The minimum absolute atomic E-state index is 0.191. The van der Waals surface area contributed by atoms with Crippen molar-refractivity contribution in [1.82, 2.24) is 15.1 Å². The molecule has 138 valence electrons. The molecule has 0 spiro atoms. The number of benzene rings is 1. The van der Waals surface area contributed by atoms with Gasteiger partial charge in [-0.2, -0.15) is 5.10 Å². The molecule has 1 aliphatic carbocycles. The van der Waals surface area contributed by atoms with Gasteiger partial charge in [0.25, 0.3) is 5.91 Å². The second-order valence-electron chi connectivity index (χ2n) is 6.69. The summed E-state index contributed by atoms with van der Waals surface area (Å²) >= 11 is 0. The molecule has 2 N–H and O–H groups in total. The third-order valence-electron chi connectivity index (χ3n) is 4.98. The number of halogens is 1. The van der Waals surface area contributed by atoms with Gasteiger partial charge in [0.15, 0.2) is 5.69 Å². The van der Waals surface area contributed by atoms with E-state index in [1.54, 1.807) is 23.7 Å². The van der Waals surface area contributed by atoms with Crippen molar-refractivity contribution in [3.05, 3.63) is 47.0 Å². The lowest BCUT2D eigenvalue weighted by Gasteiger charge is -2.19. The number of aliphatic carboxylic acids is 1. The smallest absolute Gasteiger partial charge is 0.326 e. The van der Waals surface area contributed by atoms with Crippen molar-refractivity contribution in [3.63, 3.8) is 0 Å². The van der Waals surface area contributed by atoms with Crippen molar-refractivity contribution in [3.8, 4) is 5.69 Å². The van der Waals surface area contributed by atoms with Crippen LogP contribution in [-0.4, -0.2) is 32.8 Å². The van der Waals surface area contributed by atoms with Crippen LogP contribution in [-0.2, 0) is 17.6 Å². The van der Waals surface area contributed by atoms with Gasteiger partial charge in [-0.1, -0.05) is 20.3 Å². The Labute approximate surface area is 151 Å². The van der Waals surface area contributed by atoms with Crippen LogP contribution in [0, 0.1) is 11.7 Å². The van der Waals surface area contributed by atoms with Crippen molar-refractivity contribution in [2.45, 2.75) is 45.6 Å². The number of carbonyl (C=O) groups excluding carboxylic acids is 1. The molecule has 0 aliphatic heterocycles. The average Bonchev–Trinajstić information content (AvgIpc) is 3.22. The van der Waals surface area contributed by atoms with E-state index in [9.17, 15) is 19.1 Å². The van der Waals surface area contributed by atoms with E-state index in [4.69, 9.17) is 0 Å². The minimum Gasteiger partial charge on any atom is -0.480 e. The molecule has 6 nitrogen and oxygen atoms in total. The molecule has 0 bridgehead atoms. The molecule has 1 aliphatic rings. The van der Waals surface area contributed by atoms with Crippen LogP contribution in [0.4, 0.5) is 4.39 Å². The zero-order valence-corrected chi connectivity index (χ0v) is 14.8. The summed E-state index contributed by atoms with van der Waals surface area (Å²) in [5.41, 5.74) is 2.72. The molecule has 0 saturated carbocycles. The van der Waals surface area contributed by atoms with Crippen LogP contribution in [0.5, 0.6) is 0 Å². The number of nitrogens with one attached hydrogen (secondary N) is 1. The number of carboxylic acid groups (broad SMARTS) is 1. The summed E-state index contributed by atoms with van der Waals surface area (Å²) in [6.45, 7) is 3.67. The first-order valence-electron chi connectivity index (χ1n) is 8.82. The Morgan fingerprint density at radius 3 is 2.62 bits per heavy atom. The summed E-state index contributed by atoms with van der Waals surface area (Å²) in [6.07, 6.45) is 3.04. The molecule has 26 heavy (non-hydrogen) atoms. The molecule has 1 aromatic carbocycles. The molecule has 0 fully saturated rings. The highest BCUT2D eigenvalue weighted by Gasteiger charge is 2.31. The number of nitrogens with zero attached hydrogens (tertiary/aromatic N) is 2. The Morgan fingerprint density at radius 1 is 1.31 bits per heavy atom. The Kier molecular flexibility index (Phi) is 5.06. The molecule has 2 unspecified atom stereocenters. The zero-order chi connectivity index (χ0) is 18.8. The Morgan fingerprint density at radius 2 is 2.00 bits per heavy atom. The molecule has 0 radical (unpaired) electrons.